The van der Waals surface area contributed by atoms with Gasteiger partial charge >= 0.3 is 0 Å². The van der Waals surface area contributed by atoms with E-state index in [0.717, 1.165) is 4.47 Å². The van der Waals surface area contributed by atoms with Crippen molar-refractivity contribution in [2.45, 2.75) is 6.23 Å². The summed E-state index contributed by atoms with van der Waals surface area (Å²) in [6, 6.07) is 5.24. The molecule has 62 valence electrons. The molecular formula is C8H6BrNO2. The smallest absolute Gasteiger partial charge is 0.254 e. The van der Waals surface area contributed by atoms with Gasteiger partial charge in [0.2, 0.25) is 0 Å². The summed E-state index contributed by atoms with van der Waals surface area (Å²) < 4.78 is 0.755. The molecule has 0 radical (unpaired) electrons. The number of halogens is 1. The minimum absolute atomic E-state index is 0.223. The van der Waals surface area contributed by atoms with Crippen LogP contribution in [-0.2, 0) is 0 Å². The molecule has 0 saturated carbocycles. The highest BCUT2D eigenvalue weighted by atomic mass is 79.9. The van der Waals surface area contributed by atoms with Gasteiger partial charge in [-0.3, -0.25) is 4.79 Å². The van der Waals surface area contributed by atoms with E-state index in [1.165, 1.54) is 0 Å². The van der Waals surface area contributed by atoms with Crippen LogP contribution in [0.4, 0.5) is 0 Å². The first-order valence-corrected chi connectivity index (χ1v) is 4.27. The monoisotopic (exact) mass is 227 g/mol. The quantitative estimate of drug-likeness (QED) is 0.700. The fourth-order valence-corrected chi connectivity index (χ4v) is 1.87. The van der Waals surface area contributed by atoms with Crippen LogP contribution in [0.15, 0.2) is 22.7 Å². The minimum Gasteiger partial charge on any atom is -0.369 e. The number of aliphatic hydroxyl groups excluding tert-OH is 1. The number of carbonyl (C=O) groups excluding carboxylic acids is 1. The van der Waals surface area contributed by atoms with Gasteiger partial charge in [0.05, 0.1) is 0 Å². The van der Waals surface area contributed by atoms with E-state index in [0.29, 0.717) is 11.1 Å². The van der Waals surface area contributed by atoms with Crippen molar-refractivity contribution >= 4 is 21.8 Å². The number of hydrogen-bond donors (Lipinski definition) is 2. The number of amides is 1. The topological polar surface area (TPSA) is 49.3 Å². The summed E-state index contributed by atoms with van der Waals surface area (Å²) in [7, 11) is 0. The molecular weight excluding hydrogens is 222 g/mol. The number of benzene rings is 1. The van der Waals surface area contributed by atoms with Gasteiger partial charge in [-0.05, 0) is 12.1 Å². The fourth-order valence-electron chi connectivity index (χ4n) is 1.29. The molecule has 0 saturated heterocycles. The van der Waals surface area contributed by atoms with Gasteiger partial charge in [0.25, 0.3) is 5.91 Å². The summed E-state index contributed by atoms with van der Waals surface area (Å²) in [5, 5.41) is 11.8. The first-order valence-electron chi connectivity index (χ1n) is 3.47. The summed E-state index contributed by atoms with van der Waals surface area (Å²) in [5.74, 6) is -0.223. The van der Waals surface area contributed by atoms with E-state index in [-0.39, 0.29) is 5.91 Å². The van der Waals surface area contributed by atoms with Crippen LogP contribution < -0.4 is 5.32 Å². The molecule has 2 rings (SSSR count). The van der Waals surface area contributed by atoms with Gasteiger partial charge in [-0.15, -0.1) is 0 Å². The van der Waals surface area contributed by atoms with Gasteiger partial charge < -0.3 is 10.4 Å². The maximum absolute atomic E-state index is 11.1. The van der Waals surface area contributed by atoms with Crippen LogP contribution in [0.1, 0.15) is 22.1 Å². The largest absolute Gasteiger partial charge is 0.369 e. The average Bonchev–Trinajstić information content (AvgIpc) is 2.29. The summed E-state index contributed by atoms with van der Waals surface area (Å²) >= 11 is 3.26. The molecule has 1 atom stereocenters. The van der Waals surface area contributed by atoms with E-state index in [9.17, 15) is 9.90 Å². The Morgan fingerprint density at radius 2 is 2.25 bits per heavy atom. The Hall–Kier alpha value is -0.870. The zero-order chi connectivity index (χ0) is 8.72. The molecule has 3 nitrogen and oxygen atoms in total. The number of aliphatic hydroxyl groups is 1. The van der Waals surface area contributed by atoms with E-state index in [4.69, 9.17) is 0 Å². The molecule has 0 aliphatic carbocycles. The molecule has 0 fully saturated rings. The van der Waals surface area contributed by atoms with Gasteiger partial charge in [-0.1, -0.05) is 22.0 Å². The second-order valence-electron chi connectivity index (χ2n) is 2.58. The van der Waals surface area contributed by atoms with Crippen molar-refractivity contribution in [3.63, 3.8) is 0 Å². The minimum atomic E-state index is -0.872. The third kappa shape index (κ3) is 0.956. The van der Waals surface area contributed by atoms with Crippen molar-refractivity contribution in [2.24, 2.45) is 0 Å². The van der Waals surface area contributed by atoms with Crippen molar-refractivity contribution in [3.8, 4) is 0 Å². The van der Waals surface area contributed by atoms with Gasteiger partial charge in [0, 0.05) is 15.6 Å². The molecule has 4 heteroatoms. The van der Waals surface area contributed by atoms with E-state index in [1.807, 2.05) is 0 Å². The maximum atomic E-state index is 11.1. The molecule has 1 aromatic rings. The molecule has 0 aromatic heterocycles. The third-order valence-corrected chi connectivity index (χ3v) is 2.53. The highest BCUT2D eigenvalue weighted by Gasteiger charge is 2.28. The van der Waals surface area contributed by atoms with Crippen LogP contribution in [0.25, 0.3) is 0 Å². The molecule has 1 heterocycles. The molecule has 0 unspecified atom stereocenters. The van der Waals surface area contributed by atoms with Crippen molar-refractivity contribution in [1.82, 2.24) is 5.32 Å². The lowest BCUT2D eigenvalue weighted by atomic mass is 10.1. The Kier molecular flexibility index (Phi) is 1.66. The predicted molar refractivity (Wildman–Crippen MR) is 46.6 cm³/mol. The Morgan fingerprint density at radius 1 is 1.50 bits per heavy atom. The van der Waals surface area contributed by atoms with Crippen LogP contribution >= 0.6 is 15.9 Å². The van der Waals surface area contributed by atoms with Crippen LogP contribution in [-0.4, -0.2) is 11.0 Å². The van der Waals surface area contributed by atoms with Crippen LogP contribution in [0.2, 0.25) is 0 Å². The van der Waals surface area contributed by atoms with E-state index in [2.05, 4.69) is 21.2 Å². The Balaban J connectivity index is 2.67. The second kappa shape index (κ2) is 2.57. The molecule has 0 bridgehead atoms. The van der Waals surface area contributed by atoms with Crippen LogP contribution in [0.5, 0.6) is 0 Å². The van der Waals surface area contributed by atoms with Gasteiger partial charge in [-0.2, -0.15) is 0 Å². The van der Waals surface area contributed by atoms with Gasteiger partial charge in [0.1, 0.15) is 0 Å². The summed E-state index contributed by atoms with van der Waals surface area (Å²) in [6.45, 7) is 0. The third-order valence-electron chi connectivity index (χ3n) is 1.84. The molecule has 12 heavy (non-hydrogen) atoms. The first-order chi connectivity index (χ1) is 5.70. The van der Waals surface area contributed by atoms with Crippen molar-refractivity contribution < 1.29 is 9.90 Å². The fraction of sp³-hybridized carbons (Fsp3) is 0.125. The van der Waals surface area contributed by atoms with E-state index in [1.54, 1.807) is 18.2 Å². The highest BCUT2D eigenvalue weighted by molar-refractivity contribution is 9.10. The summed E-state index contributed by atoms with van der Waals surface area (Å²) in [5.41, 5.74) is 1.17. The van der Waals surface area contributed by atoms with E-state index >= 15 is 0 Å². The molecule has 0 spiro atoms. The maximum Gasteiger partial charge on any atom is 0.254 e. The molecule has 1 aromatic carbocycles. The Bertz CT molecular complexity index is 351. The van der Waals surface area contributed by atoms with E-state index < -0.39 is 6.23 Å². The lowest BCUT2D eigenvalue weighted by Crippen LogP contribution is -2.18. The number of carbonyl (C=O) groups is 1. The zero-order valence-corrected chi connectivity index (χ0v) is 7.63. The second-order valence-corrected chi connectivity index (χ2v) is 3.43. The normalized spacial score (nSPS) is 20.5. The van der Waals surface area contributed by atoms with Crippen molar-refractivity contribution in [2.75, 3.05) is 0 Å². The molecule has 1 aliphatic heterocycles. The molecule has 2 N–H and O–H groups in total. The highest BCUT2D eigenvalue weighted by Crippen LogP contribution is 2.30. The van der Waals surface area contributed by atoms with Crippen LogP contribution in [0, 0.1) is 0 Å². The lowest BCUT2D eigenvalue weighted by molar-refractivity contribution is 0.0850. The average molecular weight is 228 g/mol. The van der Waals surface area contributed by atoms with Crippen molar-refractivity contribution in [3.05, 3.63) is 33.8 Å². The molecule has 1 amide bonds. The number of hydrogen-bond acceptors (Lipinski definition) is 2. The number of rotatable bonds is 0. The van der Waals surface area contributed by atoms with Crippen molar-refractivity contribution in [1.29, 1.82) is 0 Å². The number of nitrogens with one attached hydrogen (secondary N) is 1. The first kappa shape index (κ1) is 7.76. The van der Waals surface area contributed by atoms with Crippen LogP contribution in [0.3, 0.4) is 0 Å². The standard InChI is InChI=1S/C8H6BrNO2/c9-5-3-1-2-4-6(5)8(12)10-7(4)11/h1-3,8,12H,(H,10,11)/t8-/m0/s1. The van der Waals surface area contributed by atoms with Gasteiger partial charge in [0.15, 0.2) is 6.23 Å². The Morgan fingerprint density at radius 3 is 2.92 bits per heavy atom. The summed E-state index contributed by atoms with van der Waals surface area (Å²) in [6.07, 6.45) is -0.872. The zero-order valence-electron chi connectivity index (χ0n) is 6.04. The SMILES string of the molecule is O=C1N[C@@H](O)c2c(Br)cccc21. The summed E-state index contributed by atoms with van der Waals surface area (Å²) in [4.78, 5) is 11.1. The number of fused-ring (bicyclic) bond motifs is 1. The molecule has 1 aliphatic rings. The predicted octanol–water partition coefficient (Wildman–Crippen LogP) is 1.18. The lowest BCUT2D eigenvalue weighted by Gasteiger charge is -2.03. The van der Waals surface area contributed by atoms with Gasteiger partial charge in [-0.25, -0.2) is 0 Å². The Labute approximate surface area is 77.5 Å².